The van der Waals surface area contributed by atoms with E-state index in [1.54, 1.807) is 6.20 Å². The van der Waals surface area contributed by atoms with E-state index in [4.69, 9.17) is 18.0 Å². The van der Waals surface area contributed by atoms with Gasteiger partial charge in [0.25, 0.3) is 0 Å². The van der Waals surface area contributed by atoms with Crippen molar-refractivity contribution in [1.29, 1.82) is 0 Å². The Morgan fingerprint density at radius 1 is 1.30 bits per heavy atom. The minimum absolute atomic E-state index is 0.357. The van der Waals surface area contributed by atoms with E-state index in [1.807, 2.05) is 39.0 Å². The molecule has 2 rings (SSSR count). The third-order valence-electron chi connectivity index (χ3n) is 3.13. The molecule has 0 fully saturated rings. The van der Waals surface area contributed by atoms with Crippen molar-refractivity contribution in [2.24, 2.45) is 5.73 Å². The Morgan fingerprint density at radius 2 is 2.05 bits per heavy atom. The molecule has 4 nitrogen and oxygen atoms in total. The number of nitrogens with one attached hydrogen (secondary N) is 1. The Bertz CT molecular complexity index is 652. The molecule has 0 aromatic carbocycles. The standard InChI is InChI=1S/C15H18N4S/c1-9-5-4-6-17-12(9)8-18-15-13(14(16)20)10(2)7-11(3)19-15/h4-7H,8H2,1-3H3,(H2,16,20)(H,18,19). The van der Waals surface area contributed by atoms with Gasteiger partial charge in [0.15, 0.2) is 0 Å². The SMILES string of the molecule is Cc1cc(C)c(C(N)=S)c(NCc2ncccc2C)n1. The lowest BCUT2D eigenvalue weighted by molar-refractivity contribution is 0.997. The van der Waals surface area contributed by atoms with E-state index in [-0.39, 0.29) is 0 Å². The van der Waals surface area contributed by atoms with Crippen molar-refractivity contribution in [1.82, 2.24) is 9.97 Å². The second-order valence-electron chi connectivity index (χ2n) is 4.79. The minimum atomic E-state index is 0.357. The number of aromatic nitrogens is 2. The van der Waals surface area contributed by atoms with Crippen LogP contribution in [0.4, 0.5) is 5.82 Å². The summed E-state index contributed by atoms with van der Waals surface area (Å²) in [7, 11) is 0. The zero-order valence-electron chi connectivity index (χ0n) is 11.9. The van der Waals surface area contributed by atoms with Crippen LogP contribution >= 0.6 is 12.2 Å². The summed E-state index contributed by atoms with van der Waals surface area (Å²) in [5.41, 5.74) is 10.7. The minimum Gasteiger partial charge on any atom is -0.389 e. The van der Waals surface area contributed by atoms with Gasteiger partial charge >= 0.3 is 0 Å². The highest BCUT2D eigenvalue weighted by molar-refractivity contribution is 7.80. The molecule has 0 aliphatic rings. The summed E-state index contributed by atoms with van der Waals surface area (Å²) in [6.07, 6.45) is 1.79. The van der Waals surface area contributed by atoms with E-state index in [2.05, 4.69) is 15.3 Å². The maximum absolute atomic E-state index is 5.80. The highest BCUT2D eigenvalue weighted by atomic mass is 32.1. The van der Waals surface area contributed by atoms with E-state index in [1.165, 1.54) is 0 Å². The monoisotopic (exact) mass is 286 g/mol. The van der Waals surface area contributed by atoms with E-state index in [9.17, 15) is 0 Å². The van der Waals surface area contributed by atoms with Crippen molar-refractivity contribution in [2.75, 3.05) is 5.32 Å². The van der Waals surface area contributed by atoms with Gasteiger partial charge in [0, 0.05) is 11.9 Å². The fourth-order valence-electron chi connectivity index (χ4n) is 2.15. The lowest BCUT2D eigenvalue weighted by Gasteiger charge is -2.14. The molecule has 0 radical (unpaired) electrons. The van der Waals surface area contributed by atoms with Crippen LogP contribution in [0.3, 0.4) is 0 Å². The Balaban J connectivity index is 2.30. The summed E-state index contributed by atoms with van der Waals surface area (Å²) in [6, 6.07) is 5.94. The molecule has 0 aliphatic heterocycles. The van der Waals surface area contributed by atoms with Gasteiger partial charge in [-0.2, -0.15) is 0 Å². The van der Waals surface area contributed by atoms with Crippen LogP contribution in [0.25, 0.3) is 0 Å². The third-order valence-corrected chi connectivity index (χ3v) is 3.34. The van der Waals surface area contributed by atoms with Gasteiger partial charge in [0.05, 0.1) is 17.8 Å². The lowest BCUT2D eigenvalue weighted by Crippen LogP contribution is -2.17. The maximum atomic E-state index is 5.80. The number of nitrogens with two attached hydrogens (primary N) is 1. The number of hydrogen-bond acceptors (Lipinski definition) is 4. The molecule has 3 N–H and O–H groups in total. The van der Waals surface area contributed by atoms with E-state index in [0.717, 1.165) is 33.9 Å². The zero-order chi connectivity index (χ0) is 14.7. The first-order valence-electron chi connectivity index (χ1n) is 6.41. The van der Waals surface area contributed by atoms with E-state index >= 15 is 0 Å². The first-order valence-corrected chi connectivity index (χ1v) is 6.82. The predicted molar refractivity (Wildman–Crippen MR) is 85.9 cm³/mol. The van der Waals surface area contributed by atoms with Crippen LogP contribution in [0.1, 0.15) is 28.1 Å². The number of rotatable bonds is 4. The number of pyridine rings is 2. The highest BCUT2D eigenvalue weighted by Gasteiger charge is 2.11. The van der Waals surface area contributed by atoms with Crippen molar-refractivity contribution in [2.45, 2.75) is 27.3 Å². The number of hydrogen-bond donors (Lipinski definition) is 2. The average Bonchev–Trinajstić information content (AvgIpc) is 2.36. The second kappa shape index (κ2) is 5.96. The van der Waals surface area contributed by atoms with Crippen molar-refractivity contribution in [3.63, 3.8) is 0 Å². The summed E-state index contributed by atoms with van der Waals surface area (Å²) in [6.45, 7) is 6.57. The van der Waals surface area contributed by atoms with Gasteiger partial charge in [-0.3, -0.25) is 4.98 Å². The van der Waals surface area contributed by atoms with Crippen molar-refractivity contribution < 1.29 is 0 Å². The fourth-order valence-corrected chi connectivity index (χ4v) is 2.40. The molecule has 2 aromatic rings. The zero-order valence-corrected chi connectivity index (χ0v) is 12.7. The third kappa shape index (κ3) is 3.11. The van der Waals surface area contributed by atoms with Gasteiger partial charge in [-0.1, -0.05) is 18.3 Å². The predicted octanol–water partition coefficient (Wildman–Crippen LogP) is 2.65. The van der Waals surface area contributed by atoms with Crippen LogP contribution in [0.5, 0.6) is 0 Å². The normalized spacial score (nSPS) is 10.3. The summed E-state index contributed by atoms with van der Waals surface area (Å²) in [5, 5.41) is 3.29. The van der Waals surface area contributed by atoms with Crippen molar-refractivity contribution in [3.8, 4) is 0 Å². The topological polar surface area (TPSA) is 63.8 Å². The Hall–Kier alpha value is -2.01. The molecule has 5 heteroatoms. The fraction of sp³-hybridized carbons (Fsp3) is 0.267. The first-order chi connectivity index (χ1) is 9.49. The molecular weight excluding hydrogens is 268 g/mol. The van der Waals surface area contributed by atoms with Gasteiger partial charge in [-0.15, -0.1) is 0 Å². The van der Waals surface area contributed by atoms with Crippen LogP contribution in [0, 0.1) is 20.8 Å². The van der Waals surface area contributed by atoms with Crippen molar-refractivity contribution >= 4 is 23.0 Å². The summed E-state index contributed by atoms with van der Waals surface area (Å²) in [4.78, 5) is 9.21. The molecule has 0 unspecified atom stereocenters. The van der Waals surface area contributed by atoms with Crippen LogP contribution in [-0.2, 0) is 6.54 Å². The average molecular weight is 286 g/mol. The van der Waals surface area contributed by atoms with Gasteiger partial charge in [-0.25, -0.2) is 4.98 Å². The van der Waals surface area contributed by atoms with Crippen LogP contribution in [-0.4, -0.2) is 15.0 Å². The van der Waals surface area contributed by atoms with Crippen molar-refractivity contribution in [3.05, 3.63) is 52.5 Å². The molecular formula is C15H18N4S. The molecule has 0 bridgehead atoms. The Morgan fingerprint density at radius 3 is 2.70 bits per heavy atom. The van der Waals surface area contributed by atoms with Gasteiger partial charge in [0.1, 0.15) is 10.8 Å². The number of thiocarbonyl (C=S) groups is 1. The van der Waals surface area contributed by atoms with Crippen LogP contribution in [0.15, 0.2) is 24.4 Å². The summed E-state index contributed by atoms with van der Waals surface area (Å²) < 4.78 is 0. The first kappa shape index (κ1) is 14.4. The Kier molecular flexibility index (Phi) is 4.29. The molecule has 20 heavy (non-hydrogen) atoms. The van der Waals surface area contributed by atoms with Gasteiger partial charge in [0.2, 0.25) is 0 Å². The van der Waals surface area contributed by atoms with Gasteiger partial charge < -0.3 is 11.1 Å². The smallest absolute Gasteiger partial charge is 0.137 e. The largest absolute Gasteiger partial charge is 0.389 e. The lowest BCUT2D eigenvalue weighted by atomic mass is 10.1. The van der Waals surface area contributed by atoms with E-state index in [0.29, 0.717) is 11.5 Å². The molecule has 2 heterocycles. The molecule has 0 saturated carbocycles. The molecule has 0 spiro atoms. The second-order valence-corrected chi connectivity index (χ2v) is 5.23. The number of nitrogens with zero attached hydrogens (tertiary/aromatic N) is 2. The van der Waals surface area contributed by atoms with E-state index < -0.39 is 0 Å². The molecule has 2 aromatic heterocycles. The maximum Gasteiger partial charge on any atom is 0.137 e. The summed E-state index contributed by atoms with van der Waals surface area (Å²) in [5.74, 6) is 0.722. The highest BCUT2D eigenvalue weighted by Crippen LogP contribution is 2.19. The molecule has 104 valence electrons. The Labute approximate surface area is 124 Å². The molecule has 0 aliphatic carbocycles. The van der Waals surface area contributed by atoms with Crippen LogP contribution in [0.2, 0.25) is 0 Å². The number of aryl methyl sites for hydroxylation is 3. The molecule has 0 amide bonds. The molecule has 0 saturated heterocycles. The van der Waals surface area contributed by atoms with Gasteiger partial charge in [-0.05, 0) is 44.0 Å². The quantitative estimate of drug-likeness (QED) is 0.846. The van der Waals surface area contributed by atoms with Crippen LogP contribution < -0.4 is 11.1 Å². The number of anilines is 1. The molecule has 0 atom stereocenters. The summed E-state index contributed by atoms with van der Waals surface area (Å²) >= 11 is 5.12.